The minimum Gasteiger partial charge on any atom is -0.323 e. The lowest BCUT2D eigenvalue weighted by molar-refractivity contribution is -0.136. The minimum absolute atomic E-state index is 0.0132. The Kier molecular flexibility index (Phi) is 6.70. The van der Waals surface area contributed by atoms with E-state index in [0.29, 0.717) is 12.1 Å². The van der Waals surface area contributed by atoms with Crippen LogP contribution >= 0.6 is 0 Å². The first-order valence-electron chi connectivity index (χ1n) is 6.95. The summed E-state index contributed by atoms with van der Waals surface area (Å²) in [5.41, 5.74) is 1.47. The molecule has 0 bridgehead atoms. The van der Waals surface area contributed by atoms with Gasteiger partial charge in [0.25, 0.3) is 0 Å². The molecule has 0 unspecified atom stereocenters. The smallest absolute Gasteiger partial charge is 0.323 e. The van der Waals surface area contributed by atoms with Crippen molar-refractivity contribution in [2.45, 2.75) is 32.4 Å². The van der Waals surface area contributed by atoms with Crippen LogP contribution < -0.4 is 5.32 Å². The molecular weight excluding hydrogens is 295 g/mol. The van der Waals surface area contributed by atoms with E-state index in [0.717, 1.165) is 10.5 Å². The van der Waals surface area contributed by atoms with Crippen molar-refractivity contribution in [2.24, 2.45) is 0 Å². The van der Waals surface area contributed by atoms with Gasteiger partial charge in [0.15, 0.2) is 0 Å². The molecule has 1 aromatic carbocycles. The maximum Gasteiger partial charge on any atom is 0.390 e. The van der Waals surface area contributed by atoms with Gasteiger partial charge in [-0.2, -0.15) is 18.4 Å². The molecule has 120 valence electrons. The van der Waals surface area contributed by atoms with Gasteiger partial charge < -0.3 is 10.2 Å². The first kappa shape index (κ1) is 17.8. The number of carbonyl (C=O) groups is 1. The van der Waals surface area contributed by atoms with Crippen LogP contribution in [0.1, 0.15) is 25.3 Å². The molecule has 0 aliphatic rings. The topological polar surface area (TPSA) is 56.1 Å². The third-order valence-electron chi connectivity index (χ3n) is 3.09. The number of aryl methyl sites for hydroxylation is 1. The average molecular weight is 313 g/mol. The summed E-state index contributed by atoms with van der Waals surface area (Å²) in [6.45, 7) is 1.42. The van der Waals surface area contributed by atoms with Gasteiger partial charge in [-0.15, -0.1) is 0 Å². The van der Waals surface area contributed by atoms with Crippen molar-refractivity contribution in [2.75, 3.05) is 18.4 Å². The molecule has 22 heavy (non-hydrogen) atoms. The first-order valence-corrected chi connectivity index (χ1v) is 6.95. The number of carbonyl (C=O) groups excluding carboxylic acids is 1. The van der Waals surface area contributed by atoms with Crippen molar-refractivity contribution in [3.63, 3.8) is 0 Å². The normalized spacial score (nSPS) is 10.9. The molecule has 1 aromatic rings. The summed E-state index contributed by atoms with van der Waals surface area (Å²) >= 11 is 0. The maximum absolute atomic E-state index is 12.3. The van der Waals surface area contributed by atoms with E-state index in [2.05, 4.69) is 5.32 Å². The molecule has 0 fully saturated rings. The van der Waals surface area contributed by atoms with Crippen LogP contribution in [0.2, 0.25) is 0 Å². The summed E-state index contributed by atoms with van der Waals surface area (Å²) in [6.07, 6.45) is -4.76. The monoisotopic (exact) mass is 313 g/mol. The van der Waals surface area contributed by atoms with E-state index in [1.165, 1.54) is 0 Å². The fourth-order valence-corrected chi connectivity index (χ4v) is 1.91. The van der Waals surface area contributed by atoms with Crippen molar-refractivity contribution in [3.05, 3.63) is 29.8 Å². The lowest BCUT2D eigenvalue weighted by Gasteiger charge is -2.23. The van der Waals surface area contributed by atoms with Gasteiger partial charge in [0, 0.05) is 18.8 Å². The minimum atomic E-state index is -4.34. The second kappa shape index (κ2) is 8.27. The molecular formula is C15H18F3N3O. The Morgan fingerprint density at radius 3 is 2.59 bits per heavy atom. The number of amides is 2. The van der Waals surface area contributed by atoms with Gasteiger partial charge in [-0.3, -0.25) is 0 Å². The summed E-state index contributed by atoms with van der Waals surface area (Å²) in [7, 11) is 0. The standard InChI is InChI=1S/C15H18F3N3O/c1-2-12-6-3-4-7-13(12)20-14(22)21(10-5-9-19)11-8-15(16,17)18/h3-4,6-7H,2,5,8,10-11H2,1H3,(H,20,22). The third kappa shape index (κ3) is 6.04. The van der Waals surface area contributed by atoms with Crippen molar-refractivity contribution >= 4 is 11.7 Å². The van der Waals surface area contributed by atoms with E-state index < -0.39 is 25.2 Å². The number of alkyl halides is 3. The number of nitrogens with zero attached hydrogens (tertiary/aromatic N) is 2. The SMILES string of the molecule is CCc1ccccc1NC(=O)N(CCC#N)CCC(F)(F)F. The van der Waals surface area contributed by atoms with Crippen molar-refractivity contribution < 1.29 is 18.0 Å². The van der Waals surface area contributed by atoms with Crippen molar-refractivity contribution in [1.29, 1.82) is 5.26 Å². The molecule has 0 atom stereocenters. The number of nitriles is 1. The van der Waals surface area contributed by atoms with E-state index in [9.17, 15) is 18.0 Å². The Morgan fingerprint density at radius 1 is 1.32 bits per heavy atom. The maximum atomic E-state index is 12.3. The molecule has 2 amide bonds. The zero-order valence-corrected chi connectivity index (χ0v) is 12.3. The number of halogens is 3. The molecule has 0 saturated heterocycles. The molecule has 0 saturated carbocycles. The van der Waals surface area contributed by atoms with Crippen LogP contribution in [0.25, 0.3) is 0 Å². The number of hydrogen-bond donors (Lipinski definition) is 1. The molecule has 0 heterocycles. The van der Waals surface area contributed by atoms with E-state index in [1.54, 1.807) is 12.1 Å². The number of hydrogen-bond acceptors (Lipinski definition) is 2. The highest BCUT2D eigenvalue weighted by Gasteiger charge is 2.29. The van der Waals surface area contributed by atoms with Gasteiger partial charge in [0.1, 0.15) is 0 Å². The molecule has 0 aliphatic carbocycles. The number of benzene rings is 1. The fourth-order valence-electron chi connectivity index (χ4n) is 1.91. The second-order valence-corrected chi connectivity index (χ2v) is 4.70. The summed E-state index contributed by atoms with van der Waals surface area (Å²) in [4.78, 5) is 13.2. The molecule has 1 N–H and O–H groups in total. The van der Waals surface area contributed by atoms with Gasteiger partial charge in [-0.05, 0) is 18.1 Å². The number of para-hydroxylation sites is 1. The largest absolute Gasteiger partial charge is 0.390 e. The van der Waals surface area contributed by atoms with Gasteiger partial charge in [0.05, 0.1) is 18.9 Å². The van der Waals surface area contributed by atoms with Crippen LogP contribution in [0.3, 0.4) is 0 Å². The number of nitrogens with one attached hydrogen (secondary N) is 1. The summed E-state index contributed by atoms with van der Waals surface area (Å²) in [5, 5.41) is 11.2. The third-order valence-corrected chi connectivity index (χ3v) is 3.09. The van der Waals surface area contributed by atoms with Crippen LogP contribution in [0.15, 0.2) is 24.3 Å². The van der Waals surface area contributed by atoms with Gasteiger partial charge in [0.2, 0.25) is 0 Å². The number of urea groups is 1. The Labute approximate surface area is 127 Å². The van der Waals surface area contributed by atoms with E-state index in [-0.39, 0.29) is 13.0 Å². The molecule has 0 radical (unpaired) electrons. The van der Waals surface area contributed by atoms with Crippen LogP contribution in [0.4, 0.5) is 23.7 Å². The number of anilines is 1. The zero-order chi connectivity index (χ0) is 16.6. The molecule has 1 rings (SSSR count). The van der Waals surface area contributed by atoms with Crippen LogP contribution in [-0.4, -0.2) is 30.2 Å². The van der Waals surface area contributed by atoms with Crippen LogP contribution in [0.5, 0.6) is 0 Å². The summed E-state index contributed by atoms with van der Waals surface area (Å²) in [5.74, 6) is 0. The zero-order valence-electron chi connectivity index (χ0n) is 12.3. The molecule has 4 nitrogen and oxygen atoms in total. The van der Waals surface area contributed by atoms with Gasteiger partial charge in [-0.25, -0.2) is 4.79 Å². The highest BCUT2D eigenvalue weighted by atomic mass is 19.4. The van der Waals surface area contributed by atoms with Crippen LogP contribution in [0, 0.1) is 11.3 Å². The second-order valence-electron chi connectivity index (χ2n) is 4.70. The quantitative estimate of drug-likeness (QED) is 0.864. The predicted octanol–water partition coefficient (Wildman–Crippen LogP) is 3.95. The molecule has 0 aromatic heterocycles. The predicted molar refractivity (Wildman–Crippen MR) is 77.3 cm³/mol. The van der Waals surface area contributed by atoms with Gasteiger partial charge >= 0.3 is 12.2 Å². The fraction of sp³-hybridized carbons (Fsp3) is 0.467. The Hall–Kier alpha value is -2.23. The lowest BCUT2D eigenvalue weighted by Crippen LogP contribution is -2.38. The van der Waals surface area contributed by atoms with E-state index >= 15 is 0 Å². The Bertz CT molecular complexity index is 538. The van der Waals surface area contributed by atoms with E-state index in [4.69, 9.17) is 5.26 Å². The number of rotatable bonds is 6. The lowest BCUT2D eigenvalue weighted by atomic mass is 10.1. The van der Waals surface area contributed by atoms with Crippen LogP contribution in [-0.2, 0) is 6.42 Å². The molecule has 7 heteroatoms. The van der Waals surface area contributed by atoms with Crippen molar-refractivity contribution in [1.82, 2.24) is 4.90 Å². The molecule has 0 spiro atoms. The summed E-state index contributed by atoms with van der Waals surface area (Å²) < 4.78 is 37.0. The highest BCUT2D eigenvalue weighted by Crippen LogP contribution is 2.21. The Balaban J connectivity index is 2.76. The van der Waals surface area contributed by atoms with Crippen molar-refractivity contribution in [3.8, 4) is 6.07 Å². The highest BCUT2D eigenvalue weighted by molar-refractivity contribution is 5.90. The first-order chi connectivity index (χ1) is 10.4. The van der Waals surface area contributed by atoms with E-state index in [1.807, 2.05) is 25.1 Å². The average Bonchev–Trinajstić information content (AvgIpc) is 2.46. The molecule has 0 aliphatic heterocycles. The van der Waals surface area contributed by atoms with Gasteiger partial charge in [-0.1, -0.05) is 25.1 Å². The summed E-state index contributed by atoms with van der Waals surface area (Å²) in [6, 6.07) is 8.31. The Morgan fingerprint density at radius 2 is 2.00 bits per heavy atom.